The van der Waals surface area contributed by atoms with Gasteiger partial charge < -0.3 is 30.1 Å². The number of aryl methyl sites for hydroxylation is 2. The number of rotatable bonds is 9. The van der Waals surface area contributed by atoms with Gasteiger partial charge in [-0.2, -0.15) is 5.10 Å². The summed E-state index contributed by atoms with van der Waals surface area (Å²) >= 11 is 0. The molecule has 202 valence electrons. The van der Waals surface area contributed by atoms with Gasteiger partial charge in [-0.15, -0.1) is 0 Å². The first-order valence-corrected chi connectivity index (χ1v) is 11.8. The molecule has 2 aromatic rings. The van der Waals surface area contributed by atoms with E-state index in [0.717, 1.165) is 43.7 Å². The molecule has 0 aliphatic carbocycles. The van der Waals surface area contributed by atoms with E-state index in [1.54, 1.807) is 17.1 Å². The minimum Gasteiger partial charge on any atom is -0.481 e. The molecule has 0 radical (unpaired) electrons. The van der Waals surface area contributed by atoms with Crippen LogP contribution in [0.5, 0.6) is 0 Å². The van der Waals surface area contributed by atoms with E-state index in [1.165, 1.54) is 5.56 Å². The van der Waals surface area contributed by atoms with Crippen molar-refractivity contribution in [3.8, 4) is 0 Å². The molecule has 2 aromatic heterocycles. The quantitative estimate of drug-likeness (QED) is 0.315. The number of aromatic nitrogens is 4. The SMILES string of the molecule is C=Cn1cc(CN2C3CCC2CC(O)(c2nccn2C)C3)c(C)n1.O=C(O)CC(O)(CC(=O)O)C(=O)O. The van der Waals surface area contributed by atoms with Crippen molar-refractivity contribution in [2.45, 2.75) is 75.3 Å². The zero-order chi connectivity index (χ0) is 27.5. The van der Waals surface area contributed by atoms with Gasteiger partial charge in [-0.3, -0.25) is 14.5 Å². The zero-order valence-corrected chi connectivity index (χ0v) is 20.8. The van der Waals surface area contributed by atoms with E-state index < -0.39 is 42.0 Å². The van der Waals surface area contributed by atoms with Gasteiger partial charge in [0.2, 0.25) is 0 Å². The second-order valence-electron chi connectivity index (χ2n) is 9.74. The maximum atomic E-state index is 11.2. The number of carbonyl (C=O) groups is 3. The molecule has 4 rings (SSSR count). The third kappa shape index (κ3) is 6.24. The van der Waals surface area contributed by atoms with Crippen molar-refractivity contribution in [3.05, 3.63) is 42.3 Å². The van der Waals surface area contributed by atoms with E-state index in [4.69, 9.17) is 20.4 Å². The van der Waals surface area contributed by atoms with Crippen LogP contribution in [-0.2, 0) is 33.6 Å². The fraction of sp³-hybridized carbons (Fsp3) is 0.542. The number of hydrogen-bond acceptors (Lipinski definition) is 8. The van der Waals surface area contributed by atoms with Gasteiger partial charge in [0.05, 0.1) is 18.5 Å². The molecule has 37 heavy (non-hydrogen) atoms. The highest BCUT2D eigenvalue weighted by molar-refractivity contribution is 5.88. The number of fused-ring (bicyclic) bond motifs is 2. The van der Waals surface area contributed by atoms with E-state index in [1.807, 2.05) is 24.7 Å². The summed E-state index contributed by atoms with van der Waals surface area (Å²) in [6.45, 7) is 6.72. The lowest BCUT2D eigenvalue weighted by Crippen LogP contribution is -2.50. The number of imidazole rings is 1. The number of hydrogen-bond donors (Lipinski definition) is 5. The van der Waals surface area contributed by atoms with Crippen LogP contribution in [0.3, 0.4) is 0 Å². The second-order valence-corrected chi connectivity index (χ2v) is 9.74. The Morgan fingerprint density at radius 2 is 1.73 bits per heavy atom. The lowest BCUT2D eigenvalue weighted by atomic mass is 9.85. The Hall–Kier alpha value is -3.55. The molecule has 2 aliphatic heterocycles. The van der Waals surface area contributed by atoms with Crippen LogP contribution in [0.1, 0.15) is 55.6 Å². The fourth-order valence-electron chi connectivity index (χ4n) is 5.25. The molecule has 0 saturated carbocycles. The predicted octanol–water partition coefficient (Wildman–Crippen LogP) is 0.792. The Morgan fingerprint density at radius 3 is 2.14 bits per heavy atom. The monoisotopic (exact) mass is 519 g/mol. The smallest absolute Gasteiger partial charge is 0.336 e. The number of carboxylic acids is 3. The molecule has 2 fully saturated rings. The molecular formula is C24H33N5O8. The number of nitrogens with zero attached hydrogens (tertiary/aromatic N) is 5. The largest absolute Gasteiger partial charge is 0.481 e. The summed E-state index contributed by atoms with van der Waals surface area (Å²) in [6.07, 6.45) is 8.97. The molecule has 0 aromatic carbocycles. The highest BCUT2D eigenvalue weighted by atomic mass is 16.4. The molecule has 2 unspecified atom stereocenters. The minimum atomic E-state index is -2.74. The van der Waals surface area contributed by atoms with Crippen molar-refractivity contribution < 1.29 is 39.9 Å². The van der Waals surface area contributed by atoms with Crippen molar-refractivity contribution >= 4 is 24.1 Å². The lowest BCUT2D eigenvalue weighted by molar-refractivity contribution is -0.170. The molecule has 2 atom stereocenters. The van der Waals surface area contributed by atoms with Crippen LogP contribution in [0.25, 0.3) is 6.20 Å². The van der Waals surface area contributed by atoms with Gasteiger partial charge in [0, 0.05) is 56.0 Å². The lowest BCUT2D eigenvalue weighted by Gasteiger charge is -2.43. The van der Waals surface area contributed by atoms with Crippen molar-refractivity contribution in [1.29, 1.82) is 0 Å². The third-order valence-corrected chi connectivity index (χ3v) is 7.00. The Kier molecular flexibility index (Phi) is 8.20. The van der Waals surface area contributed by atoms with E-state index in [2.05, 4.69) is 27.8 Å². The highest BCUT2D eigenvalue weighted by Gasteiger charge is 2.50. The fourth-order valence-corrected chi connectivity index (χ4v) is 5.25. The van der Waals surface area contributed by atoms with E-state index >= 15 is 0 Å². The van der Waals surface area contributed by atoms with Crippen LogP contribution in [0, 0.1) is 6.92 Å². The predicted molar refractivity (Wildman–Crippen MR) is 129 cm³/mol. The van der Waals surface area contributed by atoms with Crippen molar-refractivity contribution in [3.63, 3.8) is 0 Å². The molecule has 13 heteroatoms. The van der Waals surface area contributed by atoms with Gasteiger partial charge in [-0.05, 0) is 32.6 Å². The summed E-state index contributed by atoms with van der Waals surface area (Å²) < 4.78 is 3.73. The summed E-state index contributed by atoms with van der Waals surface area (Å²) in [5, 5.41) is 49.5. The summed E-state index contributed by atoms with van der Waals surface area (Å²) in [5.74, 6) is -4.22. The topological polar surface area (TPSA) is 191 Å². The number of aliphatic hydroxyl groups is 2. The molecule has 2 saturated heterocycles. The van der Waals surface area contributed by atoms with Crippen molar-refractivity contribution in [2.24, 2.45) is 7.05 Å². The first-order chi connectivity index (χ1) is 17.3. The average molecular weight is 520 g/mol. The Balaban J connectivity index is 0.000000251. The van der Waals surface area contributed by atoms with Gasteiger partial charge in [-0.1, -0.05) is 6.58 Å². The first kappa shape index (κ1) is 28.0. The van der Waals surface area contributed by atoms with Crippen LogP contribution in [0.4, 0.5) is 0 Å². The maximum Gasteiger partial charge on any atom is 0.336 e. The zero-order valence-electron chi connectivity index (χ0n) is 20.8. The summed E-state index contributed by atoms with van der Waals surface area (Å²) in [7, 11) is 1.96. The van der Waals surface area contributed by atoms with Gasteiger partial charge >= 0.3 is 17.9 Å². The summed E-state index contributed by atoms with van der Waals surface area (Å²) in [5.41, 5.74) is -1.24. The molecular weight excluding hydrogens is 486 g/mol. The van der Waals surface area contributed by atoms with Gasteiger partial charge in [-0.25, -0.2) is 14.5 Å². The molecule has 4 heterocycles. The van der Waals surface area contributed by atoms with E-state index in [-0.39, 0.29) is 0 Å². The number of piperidine rings is 1. The van der Waals surface area contributed by atoms with Crippen LogP contribution in [-0.4, -0.2) is 85.4 Å². The standard InChI is InChI=1S/C18H25N5O.C6H8O7/c1-4-22-11-14(13(2)20-22)12-23-15-5-6-16(23)10-18(24,9-15)17-19-7-8-21(17)3;7-3(8)1-6(13,5(11)12)2-4(9)10/h4,7-8,11,15-16,24H,1,5-6,9-10,12H2,2-3H3;13H,1-2H2,(H,7,8)(H,9,10)(H,11,12). The number of carboxylic acid groups (broad SMARTS) is 3. The molecule has 0 spiro atoms. The van der Waals surface area contributed by atoms with Crippen LogP contribution in [0.15, 0.2) is 25.2 Å². The first-order valence-electron chi connectivity index (χ1n) is 11.8. The van der Waals surface area contributed by atoms with E-state index in [0.29, 0.717) is 12.1 Å². The van der Waals surface area contributed by atoms with Crippen LogP contribution >= 0.6 is 0 Å². The van der Waals surface area contributed by atoms with Crippen molar-refractivity contribution in [1.82, 2.24) is 24.2 Å². The van der Waals surface area contributed by atoms with Crippen LogP contribution in [0.2, 0.25) is 0 Å². The Labute approximate surface area is 213 Å². The highest BCUT2D eigenvalue weighted by Crippen LogP contribution is 2.45. The third-order valence-electron chi connectivity index (χ3n) is 7.00. The average Bonchev–Trinajstić information content (AvgIpc) is 3.44. The van der Waals surface area contributed by atoms with Gasteiger partial charge in [0.1, 0.15) is 11.4 Å². The molecule has 13 nitrogen and oxygen atoms in total. The second kappa shape index (κ2) is 10.8. The molecule has 5 N–H and O–H groups in total. The normalized spacial score (nSPS) is 23.2. The van der Waals surface area contributed by atoms with Gasteiger partial charge in [0.25, 0.3) is 0 Å². The molecule has 2 aliphatic rings. The molecule has 0 amide bonds. The Morgan fingerprint density at radius 1 is 1.16 bits per heavy atom. The van der Waals surface area contributed by atoms with E-state index in [9.17, 15) is 19.5 Å². The van der Waals surface area contributed by atoms with Crippen molar-refractivity contribution in [2.75, 3.05) is 0 Å². The number of aliphatic carboxylic acids is 3. The summed E-state index contributed by atoms with van der Waals surface area (Å²) in [4.78, 5) is 37.5. The maximum absolute atomic E-state index is 11.2. The van der Waals surface area contributed by atoms with Gasteiger partial charge in [0.15, 0.2) is 5.60 Å². The van der Waals surface area contributed by atoms with Crippen LogP contribution < -0.4 is 0 Å². The molecule has 2 bridgehead atoms. The minimum absolute atomic E-state index is 0.400. The Bertz CT molecular complexity index is 1140. The summed E-state index contributed by atoms with van der Waals surface area (Å²) in [6, 6.07) is 0.800.